The Labute approximate surface area is 155 Å². The first-order valence-corrected chi connectivity index (χ1v) is 9.60. The van der Waals surface area contributed by atoms with Crippen molar-refractivity contribution in [3.63, 3.8) is 0 Å². The number of phenols is 1. The van der Waals surface area contributed by atoms with Crippen molar-refractivity contribution in [2.75, 3.05) is 32.7 Å². The summed E-state index contributed by atoms with van der Waals surface area (Å²) in [5.41, 5.74) is 14.6. The maximum atomic E-state index is 10.1. The van der Waals surface area contributed by atoms with Crippen molar-refractivity contribution in [2.45, 2.75) is 25.3 Å². The lowest BCUT2D eigenvalue weighted by atomic mass is 9.85. The first kappa shape index (κ1) is 17.1. The Balaban J connectivity index is 1.51. The molecule has 3 aliphatic rings. The van der Waals surface area contributed by atoms with Crippen LogP contribution in [0.15, 0.2) is 41.9 Å². The Kier molecular flexibility index (Phi) is 4.68. The van der Waals surface area contributed by atoms with Gasteiger partial charge in [-0.25, -0.2) is 0 Å². The van der Waals surface area contributed by atoms with Crippen LogP contribution in [0, 0.1) is 5.92 Å². The summed E-state index contributed by atoms with van der Waals surface area (Å²) in [5.74, 6) is 1.74. The van der Waals surface area contributed by atoms with E-state index >= 15 is 0 Å². The number of nitrogens with one attached hydrogen (secondary N) is 1. The molecule has 6 heteroatoms. The smallest absolute Gasteiger partial charge is 0.124 e. The third-order valence-corrected chi connectivity index (χ3v) is 5.93. The zero-order valence-electron chi connectivity index (χ0n) is 15.2. The van der Waals surface area contributed by atoms with E-state index in [9.17, 15) is 5.11 Å². The maximum Gasteiger partial charge on any atom is 0.124 e. The molecule has 1 atom stereocenters. The third-order valence-electron chi connectivity index (χ3n) is 5.93. The van der Waals surface area contributed by atoms with Crippen LogP contribution in [-0.4, -0.2) is 53.7 Å². The van der Waals surface area contributed by atoms with Gasteiger partial charge in [0, 0.05) is 44.0 Å². The molecule has 2 aliphatic heterocycles. The Morgan fingerprint density at radius 2 is 2.08 bits per heavy atom. The highest BCUT2D eigenvalue weighted by molar-refractivity contribution is 5.70. The van der Waals surface area contributed by atoms with Gasteiger partial charge < -0.3 is 26.8 Å². The van der Waals surface area contributed by atoms with Crippen LogP contribution in [0.2, 0.25) is 0 Å². The molecule has 1 aromatic carbocycles. The maximum absolute atomic E-state index is 10.1. The van der Waals surface area contributed by atoms with E-state index in [1.165, 1.54) is 25.8 Å². The largest absolute Gasteiger partial charge is 0.507 e. The third kappa shape index (κ3) is 3.33. The fourth-order valence-electron chi connectivity index (χ4n) is 4.19. The second kappa shape index (κ2) is 7.11. The number of nitrogens with zero attached hydrogens (tertiary/aromatic N) is 2. The van der Waals surface area contributed by atoms with Crippen LogP contribution in [0.25, 0.3) is 5.70 Å². The normalized spacial score (nSPS) is 24.8. The van der Waals surface area contributed by atoms with Gasteiger partial charge in [-0.1, -0.05) is 18.6 Å². The van der Waals surface area contributed by atoms with Crippen molar-refractivity contribution >= 4 is 5.70 Å². The van der Waals surface area contributed by atoms with Gasteiger partial charge >= 0.3 is 0 Å². The van der Waals surface area contributed by atoms with E-state index in [0.29, 0.717) is 23.1 Å². The predicted molar refractivity (Wildman–Crippen MR) is 104 cm³/mol. The molecule has 1 aromatic rings. The summed E-state index contributed by atoms with van der Waals surface area (Å²) in [6.07, 6.45) is 6.07. The average molecular weight is 355 g/mol. The van der Waals surface area contributed by atoms with Gasteiger partial charge in [0.05, 0.1) is 11.7 Å². The molecule has 0 aromatic heterocycles. The molecule has 0 amide bonds. The number of nitrogens with two attached hydrogens (primary N) is 2. The molecule has 0 bridgehead atoms. The van der Waals surface area contributed by atoms with E-state index in [2.05, 4.69) is 15.1 Å². The summed E-state index contributed by atoms with van der Waals surface area (Å²) < 4.78 is 0. The molecule has 6 nitrogen and oxygen atoms in total. The predicted octanol–water partition coefficient (Wildman–Crippen LogP) is 1.21. The second-order valence-electron chi connectivity index (χ2n) is 7.70. The molecule has 1 saturated heterocycles. The number of rotatable bonds is 4. The lowest BCUT2D eigenvalue weighted by Gasteiger charge is -2.47. The first-order valence-electron chi connectivity index (χ1n) is 9.60. The number of aromatic hydroxyl groups is 1. The highest BCUT2D eigenvalue weighted by Gasteiger charge is 2.33. The van der Waals surface area contributed by atoms with Gasteiger partial charge in [0.1, 0.15) is 11.6 Å². The number of hydrogen-bond donors (Lipinski definition) is 4. The molecule has 140 valence electrons. The number of benzene rings is 1. The SMILES string of the molecule is NC1=C(/C=C(\N)c2ccccc2O)N2CCN(CC3CCC3)CC2CN1. The van der Waals surface area contributed by atoms with Crippen molar-refractivity contribution in [2.24, 2.45) is 17.4 Å². The molecule has 0 spiro atoms. The van der Waals surface area contributed by atoms with E-state index in [1.807, 2.05) is 18.2 Å². The van der Waals surface area contributed by atoms with Crippen LogP contribution in [-0.2, 0) is 0 Å². The van der Waals surface area contributed by atoms with E-state index in [1.54, 1.807) is 12.1 Å². The van der Waals surface area contributed by atoms with Gasteiger partial charge in [0.15, 0.2) is 0 Å². The number of phenolic OH excluding ortho intramolecular Hbond substituents is 1. The molecule has 1 aliphatic carbocycles. The van der Waals surface area contributed by atoms with Gasteiger partial charge in [-0.3, -0.25) is 4.90 Å². The Bertz CT molecular complexity index is 725. The summed E-state index contributed by atoms with van der Waals surface area (Å²) in [6, 6.07) is 7.53. The number of piperazine rings is 1. The van der Waals surface area contributed by atoms with E-state index in [4.69, 9.17) is 11.5 Å². The van der Waals surface area contributed by atoms with Crippen LogP contribution < -0.4 is 16.8 Å². The number of para-hydroxylation sites is 1. The van der Waals surface area contributed by atoms with Crippen molar-refractivity contribution in [3.05, 3.63) is 47.4 Å². The minimum atomic E-state index is 0.186. The fourth-order valence-corrected chi connectivity index (χ4v) is 4.19. The van der Waals surface area contributed by atoms with Crippen molar-refractivity contribution in [1.82, 2.24) is 15.1 Å². The monoisotopic (exact) mass is 355 g/mol. The quantitative estimate of drug-likeness (QED) is 0.649. The molecule has 6 N–H and O–H groups in total. The van der Waals surface area contributed by atoms with E-state index in [-0.39, 0.29) is 5.75 Å². The lowest BCUT2D eigenvalue weighted by Crippen LogP contribution is -2.60. The van der Waals surface area contributed by atoms with Crippen LogP contribution >= 0.6 is 0 Å². The molecule has 1 unspecified atom stereocenters. The van der Waals surface area contributed by atoms with Crippen molar-refractivity contribution < 1.29 is 5.11 Å². The summed E-state index contributed by atoms with van der Waals surface area (Å²) in [4.78, 5) is 4.97. The molecule has 2 heterocycles. The molecular formula is C20H29N5O. The van der Waals surface area contributed by atoms with Gasteiger partial charge in [-0.2, -0.15) is 0 Å². The second-order valence-corrected chi connectivity index (χ2v) is 7.70. The average Bonchev–Trinajstić information content (AvgIpc) is 2.61. The Hall–Kier alpha value is -2.34. The molecule has 1 saturated carbocycles. The minimum Gasteiger partial charge on any atom is -0.507 e. The standard InChI is InChI=1S/C20H29N5O/c21-17(16-6-1-2-7-19(16)26)10-18-20(22)23-11-15-13-24(8-9-25(15)18)12-14-4-3-5-14/h1-2,6-7,10,14-15,23,26H,3-5,8-9,11-13,21-22H2/b17-10-. The number of fused-ring (bicyclic) bond motifs is 1. The Morgan fingerprint density at radius 3 is 2.81 bits per heavy atom. The van der Waals surface area contributed by atoms with Crippen LogP contribution in [0.1, 0.15) is 24.8 Å². The van der Waals surface area contributed by atoms with Gasteiger partial charge in [-0.05, 0) is 37.0 Å². The van der Waals surface area contributed by atoms with Gasteiger partial charge in [-0.15, -0.1) is 0 Å². The Morgan fingerprint density at radius 1 is 1.27 bits per heavy atom. The summed E-state index contributed by atoms with van der Waals surface area (Å²) in [7, 11) is 0. The first-order chi connectivity index (χ1) is 12.6. The van der Waals surface area contributed by atoms with E-state index < -0.39 is 0 Å². The highest BCUT2D eigenvalue weighted by Crippen LogP contribution is 2.30. The van der Waals surface area contributed by atoms with Crippen LogP contribution in [0.5, 0.6) is 5.75 Å². The van der Waals surface area contributed by atoms with E-state index in [0.717, 1.165) is 37.8 Å². The summed E-state index contributed by atoms with van der Waals surface area (Å²) in [6.45, 7) is 5.17. The van der Waals surface area contributed by atoms with Crippen LogP contribution in [0.3, 0.4) is 0 Å². The molecule has 2 fully saturated rings. The van der Waals surface area contributed by atoms with Gasteiger partial charge in [0.2, 0.25) is 0 Å². The topological polar surface area (TPSA) is 90.8 Å². The van der Waals surface area contributed by atoms with Crippen LogP contribution in [0.4, 0.5) is 0 Å². The zero-order chi connectivity index (χ0) is 18.1. The fraction of sp³-hybridized carbons (Fsp3) is 0.500. The molecule has 4 rings (SSSR count). The number of allylic oxidation sites excluding steroid dienone is 1. The van der Waals surface area contributed by atoms with Crippen molar-refractivity contribution in [3.8, 4) is 5.75 Å². The zero-order valence-corrected chi connectivity index (χ0v) is 15.2. The number of hydrogen-bond acceptors (Lipinski definition) is 6. The minimum absolute atomic E-state index is 0.186. The summed E-state index contributed by atoms with van der Waals surface area (Å²) >= 11 is 0. The highest BCUT2D eigenvalue weighted by atomic mass is 16.3. The molecule has 0 radical (unpaired) electrons. The lowest BCUT2D eigenvalue weighted by molar-refractivity contribution is 0.0715. The molecule has 26 heavy (non-hydrogen) atoms. The van der Waals surface area contributed by atoms with Gasteiger partial charge in [0.25, 0.3) is 0 Å². The van der Waals surface area contributed by atoms with Crippen molar-refractivity contribution in [1.29, 1.82) is 0 Å². The molecular weight excluding hydrogens is 326 g/mol. The summed E-state index contributed by atoms with van der Waals surface area (Å²) in [5, 5.41) is 13.4.